The van der Waals surface area contributed by atoms with Crippen LogP contribution in [0, 0.1) is 12.7 Å². The molecule has 4 aromatic rings. The number of nitrogens with two attached hydrogens (primary N) is 1. The summed E-state index contributed by atoms with van der Waals surface area (Å²) in [6.45, 7) is 4.32. The van der Waals surface area contributed by atoms with Gasteiger partial charge in [-0.3, -0.25) is 9.78 Å². The van der Waals surface area contributed by atoms with E-state index in [-0.39, 0.29) is 19.0 Å². The lowest BCUT2D eigenvalue weighted by molar-refractivity contribution is 0.0723. The second-order valence-electron chi connectivity index (χ2n) is 7.59. The van der Waals surface area contributed by atoms with Crippen LogP contribution in [0.2, 0.25) is 0 Å². The molecule has 2 N–H and O–H groups in total. The maximum Gasteiger partial charge on any atom is 0.254 e. The van der Waals surface area contributed by atoms with Crippen LogP contribution < -0.4 is 5.73 Å². The zero-order valence-electron chi connectivity index (χ0n) is 17.9. The number of nitrogen functional groups attached to an aromatic ring is 1. The standard InChI is InChI=1S/C24H23FN6O/c1-3-16-4-6-20(27-10-16)13-31(14-22-28-11-19(25)12-29-22)24(32)17-5-7-21-18(9-17)8-15(2)23(26)30-21/h4-12H,3,13-14H2,1-2H3,(H2,26,30). The molecular weight excluding hydrogens is 407 g/mol. The quantitative estimate of drug-likeness (QED) is 0.499. The summed E-state index contributed by atoms with van der Waals surface area (Å²) in [4.78, 5) is 31.9. The molecule has 0 aliphatic rings. The summed E-state index contributed by atoms with van der Waals surface area (Å²) in [6, 6.07) is 11.1. The molecule has 0 aliphatic carbocycles. The van der Waals surface area contributed by atoms with E-state index in [9.17, 15) is 9.18 Å². The first kappa shape index (κ1) is 21.3. The Hall–Kier alpha value is -3.94. The molecule has 0 saturated heterocycles. The molecule has 7 nitrogen and oxygen atoms in total. The minimum Gasteiger partial charge on any atom is -0.383 e. The number of hydrogen-bond donors (Lipinski definition) is 1. The van der Waals surface area contributed by atoms with Crippen LogP contribution >= 0.6 is 0 Å². The van der Waals surface area contributed by atoms with Crippen molar-refractivity contribution in [2.45, 2.75) is 33.4 Å². The highest BCUT2D eigenvalue weighted by molar-refractivity contribution is 5.98. The maximum atomic E-state index is 13.5. The van der Waals surface area contributed by atoms with E-state index in [1.807, 2.05) is 25.1 Å². The smallest absolute Gasteiger partial charge is 0.254 e. The summed E-state index contributed by atoms with van der Waals surface area (Å²) < 4.78 is 13.2. The van der Waals surface area contributed by atoms with Crippen LogP contribution in [0.4, 0.5) is 10.2 Å². The van der Waals surface area contributed by atoms with Crippen molar-refractivity contribution >= 4 is 22.6 Å². The lowest BCUT2D eigenvalue weighted by Gasteiger charge is -2.22. The fourth-order valence-electron chi connectivity index (χ4n) is 3.36. The van der Waals surface area contributed by atoms with Gasteiger partial charge in [-0.2, -0.15) is 0 Å². The fourth-order valence-corrected chi connectivity index (χ4v) is 3.36. The number of amides is 1. The predicted molar refractivity (Wildman–Crippen MR) is 120 cm³/mol. The molecule has 3 heterocycles. The highest BCUT2D eigenvalue weighted by atomic mass is 19.1. The van der Waals surface area contributed by atoms with E-state index in [1.54, 1.807) is 29.3 Å². The number of aromatic nitrogens is 4. The fraction of sp³-hybridized carbons (Fsp3) is 0.208. The number of pyridine rings is 2. The lowest BCUT2D eigenvalue weighted by atomic mass is 10.1. The minimum atomic E-state index is -0.528. The Morgan fingerprint density at radius 1 is 1.03 bits per heavy atom. The van der Waals surface area contributed by atoms with Crippen LogP contribution in [-0.2, 0) is 19.5 Å². The molecule has 0 unspecified atom stereocenters. The molecule has 8 heteroatoms. The molecule has 0 radical (unpaired) electrons. The van der Waals surface area contributed by atoms with Crippen LogP contribution in [0.3, 0.4) is 0 Å². The Kier molecular flexibility index (Phi) is 6.02. The molecule has 0 fully saturated rings. The number of nitrogens with zero attached hydrogens (tertiary/aromatic N) is 5. The van der Waals surface area contributed by atoms with Crippen LogP contribution in [-0.4, -0.2) is 30.7 Å². The van der Waals surface area contributed by atoms with Gasteiger partial charge in [-0.25, -0.2) is 19.3 Å². The molecule has 32 heavy (non-hydrogen) atoms. The normalized spacial score (nSPS) is 11.0. The summed E-state index contributed by atoms with van der Waals surface area (Å²) in [5.41, 5.74) is 9.82. The third-order valence-electron chi connectivity index (χ3n) is 5.23. The first-order chi connectivity index (χ1) is 15.4. The van der Waals surface area contributed by atoms with E-state index in [0.29, 0.717) is 17.2 Å². The number of aryl methyl sites for hydroxylation is 2. The van der Waals surface area contributed by atoms with Crippen molar-refractivity contribution in [3.63, 3.8) is 0 Å². The molecule has 0 saturated carbocycles. The van der Waals surface area contributed by atoms with Gasteiger partial charge in [0.25, 0.3) is 5.91 Å². The number of carbonyl (C=O) groups excluding carboxylic acids is 1. The van der Waals surface area contributed by atoms with Crippen LogP contribution in [0.15, 0.2) is 55.0 Å². The highest BCUT2D eigenvalue weighted by Crippen LogP contribution is 2.21. The minimum absolute atomic E-state index is 0.118. The van der Waals surface area contributed by atoms with Crippen LogP contribution in [0.5, 0.6) is 0 Å². The van der Waals surface area contributed by atoms with Crippen molar-refractivity contribution in [2.24, 2.45) is 0 Å². The van der Waals surface area contributed by atoms with E-state index in [0.717, 1.165) is 46.5 Å². The molecule has 0 spiro atoms. The Morgan fingerprint density at radius 2 is 1.81 bits per heavy atom. The Bertz CT molecular complexity index is 1260. The number of benzene rings is 1. The first-order valence-electron chi connectivity index (χ1n) is 10.3. The van der Waals surface area contributed by atoms with Gasteiger partial charge >= 0.3 is 0 Å². The second kappa shape index (κ2) is 9.05. The summed E-state index contributed by atoms with van der Waals surface area (Å²) in [5.74, 6) is 0.0695. The van der Waals surface area contributed by atoms with Gasteiger partial charge in [0.2, 0.25) is 0 Å². The molecule has 162 valence electrons. The zero-order valence-corrected chi connectivity index (χ0v) is 17.9. The number of halogens is 1. The SMILES string of the molecule is CCc1ccc(CN(Cc2ncc(F)cn2)C(=O)c2ccc3nc(N)c(C)cc3c2)nc1. The van der Waals surface area contributed by atoms with Crippen molar-refractivity contribution in [2.75, 3.05) is 5.73 Å². The predicted octanol–water partition coefficient (Wildman–Crippen LogP) is 3.85. The molecular formula is C24H23FN6O. The number of rotatable bonds is 6. The van der Waals surface area contributed by atoms with Gasteiger partial charge in [0, 0.05) is 17.1 Å². The largest absolute Gasteiger partial charge is 0.383 e. The number of carbonyl (C=O) groups is 1. The van der Waals surface area contributed by atoms with E-state index in [1.165, 1.54) is 0 Å². The number of hydrogen-bond acceptors (Lipinski definition) is 6. The number of anilines is 1. The summed E-state index contributed by atoms with van der Waals surface area (Å²) in [7, 11) is 0. The number of fused-ring (bicyclic) bond motifs is 1. The van der Waals surface area contributed by atoms with Crippen molar-refractivity contribution in [3.05, 3.63) is 89.0 Å². The Morgan fingerprint density at radius 3 is 2.50 bits per heavy atom. The van der Waals surface area contributed by atoms with Gasteiger partial charge < -0.3 is 10.6 Å². The van der Waals surface area contributed by atoms with E-state index in [4.69, 9.17) is 5.73 Å². The third kappa shape index (κ3) is 4.69. The molecule has 0 bridgehead atoms. The zero-order chi connectivity index (χ0) is 22.7. The Labute approximate surface area is 185 Å². The molecule has 4 rings (SSSR count). The van der Waals surface area contributed by atoms with Crippen molar-refractivity contribution in [1.29, 1.82) is 0 Å². The van der Waals surface area contributed by atoms with Gasteiger partial charge in [0.1, 0.15) is 11.6 Å². The third-order valence-corrected chi connectivity index (χ3v) is 5.23. The van der Waals surface area contributed by atoms with E-state index < -0.39 is 5.82 Å². The highest BCUT2D eigenvalue weighted by Gasteiger charge is 2.19. The molecule has 0 atom stereocenters. The average molecular weight is 430 g/mol. The van der Waals surface area contributed by atoms with Gasteiger partial charge in [0.05, 0.1) is 36.7 Å². The topological polar surface area (TPSA) is 97.9 Å². The summed E-state index contributed by atoms with van der Waals surface area (Å²) in [6.07, 6.45) is 4.87. The van der Waals surface area contributed by atoms with Gasteiger partial charge in [-0.1, -0.05) is 13.0 Å². The molecule has 3 aromatic heterocycles. The monoisotopic (exact) mass is 430 g/mol. The van der Waals surface area contributed by atoms with Gasteiger partial charge in [-0.15, -0.1) is 0 Å². The molecule has 1 amide bonds. The van der Waals surface area contributed by atoms with E-state index >= 15 is 0 Å². The second-order valence-corrected chi connectivity index (χ2v) is 7.59. The summed E-state index contributed by atoms with van der Waals surface area (Å²) in [5, 5.41) is 0.825. The van der Waals surface area contributed by atoms with Gasteiger partial charge in [-0.05, 0) is 54.8 Å². The average Bonchev–Trinajstić information content (AvgIpc) is 2.80. The summed E-state index contributed by atoms with van der Waals surface area (Å²) >= 11 is 0. The first-order valence-corrected chi connectivity index (χ1v) is 10.3. The van der Waals surface area contributed by atoms with Crippen molar-refractivity contribution in [1.82, 2.24) is 24.8 Å². The Balaban J connectivity index is 1.66. The molecule has 1 aromatic carbocycles. The van der Waals surface area contributed by atoms with Gasteiger partial charge in [0.15, 0.2) is 5.82 Å². The van der Waals surface area contributed by atoms with Crippen LogP contribution in [0.1, 0.15) is 39.9 Å². The maximum absolute atomic E-state index is 13.5. The molecule has 0 aliphatic heterocycles. The lowest BCUT2D eigenvalue weighted by Crippen LogP contribution is -2.31. The van der Waals surface area contributed by atoms with E-state index in [2.05, 4.69) is 26.9 Å². The van der Waals surface area contributed by atoms with Crippen LogP contribution in [0.25, 0.3) is 10.9 Å². The van der Waals surface area contributed by atoms with Crippen molar-refractivity contribution in [3.8, 4) is 0 Å². The van der Waals surface area contributed by atoms with Crippen molar-refractivity contribution < 1.29 is 9.18 Å².